The van der Waals surface area contributed by atoms with E-state index in [-0.39, 0.29) is 35.5 Å². The smallest absolute Gasteiger partial charge is 0.270 e. The molecule has 1 heterocycles. The number of methoxy groups -OCH3 is 1. The highest BCUT2D eigenvalue weighted by molar-refractivity contribution is 6.08. The van der Waals surface area contributed by atoms with Gasteiger partial charge in [0.15, 0.2) is 0 Å². The number of benzene rings is 1. The first-order valence-corrected chi connectivity index (χ1v) is 8.61. The number of allylic oxidation sites excluding steroid dienone is 2. The predicted octanol–water partition coefficient (Wildman–Crippen LogP) is 1.39. The molecule has 6 atom stereocenters. The van der Waals surface area contributed by atoms with Gasteiger partial charge >= 0.3 is 0 Å². The van der Waals surface area contributed by atoms with Crippen LogP contribution in [-0.4, -0.2) is 29.8 Å². The van der Waals surface area contributed by atoms with Crippen LogP contribution in [0.5, 0.6) is 5.75 Å². The fourth-order valence-electron chi connectivity index (χ4n) is 4.98. The molecule has 1 saturated heterocycles. The number of hydrogen-bond donors (Lipinski definition) is 1. The number of nitrogens with one attached hydrogen (secondary N) is 1. The van der Waals surface area contributed by atoms with Crippen LogP contribution in [0.2, 0.25) is 0 Å². The molecule has 1 aromatic rings. The van der Waals surface area contributed by atoms with E-state index in [4.69, 9.17) is 4.74 Å². The van der Waals surface area contributed by atoms with Gasteiger partial charge < -0.3 is 4.74 Å². The molecular weight excluding hydrogens is 320 g/mol. The van der Waals surface area contributed by atoms with Crippen LogP contribution in [0.1, 0.15) is 16.8 Å². The summed E-state index contributed by atoms with van der Waals surface area (Å²) in [5, 5.41) is 0.958. The molecule has 5 aliphatic rings. The van der Waals surface area contributed by atoms with Gasteiger partial charge in [0, 0.05) is 5.56 Å². The number of imide groups is 1. The van der Waals surface area contributed by atoms with Crippen molar-refractivity contribution in [1.82, 2.24) is 10.4 Å². The van der Waals surface area contributed by atoms with Gasteiger partial charge in [0.25, 0.3) is 17.7 Å². The second-order valence-corrected chi connectivity index (χ2v) is 7.34. The maximum Gasteiger partial charge on any atom is 0.270 e. The van der Waals surface area contributed by atoms with E-state index in [0.717, 1.165) is 11.4 Å². The predicted molar refractivity (Wildman–Crippen MR) is 87.0 cm³/mol. The zero-order valence-electron chi connectivity index (χ0n) is 13.7. The minimum Gasteiger partial charge on any atom is -0.497 e. The second-order valence-electron chi connectivity index (χ2n) is 7.34. The summed E-state index contributed by atoms with van der Waals surface area (Å²) in [6.45, 7) is 0. The van der Waals surface area contributed by atoms with Crippen molar-refractivity contribution in [3.8, 4) is 5.75 Å². The molecule has 6 rings (SSSR count). The third-order valence-electron chi connectivity index (χ3n) is 6.23. The lowest BCUT2D eigenvalue weighted by Gasteiger charge is -2.37. The maximum absolute atomic E-state index is 12.8. The summed E-state index contributed by atoms with van der Waals surface area (Å²) in [6.07, 6.45) is 5.34. The Bertz CT molecular complexity index is 779. The molecule has 0 aromatic heterocycles. The standard InChI is InChI=1S/C19H18N2O4/c1-25-10-4-2-9(3-5-10)17(22)20-21-18(23)15-11-6-7-12(14-8-13(11)14)16(15)19(21)24/h2-7,11-16H,8H2,1H3,(H,20,22)/t11-,12+,13-,14+,15-,16+. The SMILES string of the molecule is COc1ccc(C(=O)NN2C(=O)[C@@H]3[C@@H]4C=C[C@@H]([C@@H]5C[C@H]45)[C@@H]3C2=O)cc1. The highest BCUT2D eigenvalue weighted by Gasteiger charge is 2.67. The van der Waals surface area contributed by atoms with Gasteiger partial charge in [-0.1, -0.05) is 12.2 Å². The molecule has 25 heavy (non-hydrogen) atoms. The van der Waals surface area contributed by atoms with Gasteiger partial charge in [-0.05, 0) is 54.4 Å². The summed E-state index contributed by atoms with van der Waals surface area (Å²) in [6, 6.07) is 6.54. The van der Waals surface area contributed by atoms with Crippen LogP contribution >= 0.6 is 0 Å². The Morgan fingerprint density at radius 3 is 2.12 bits per heavy atom. The summed E-state index contributed by atoms with van der Waals surface area (Å²) >= 11 is 0. The molecule has 1 aliphatic heterocycles. The Balaban J connectivity index is 1.37. The van der Waals surface area contributed by atoms with Crippen LogP contribution in [0.15, 0.2) is 36.4 Å². The molecule has 6 heteroatoms. The molecule has 128 valence electrons. The topological polar surface area (TPSA) is 75.7 Å². The summed E-state index contributed by atoms with van der Waals surface area (Å²) in [7, 11) is 1.55. The number of hydrazine groups is 1. The Labute approximate surface area is 144 Å². The van der Waals surface area contributed by atoms with Gasteiger partial charge in [0.05, 0.1) is 18.9 Å². The molecule has 1 N–H and O–H groups in total. The lowest BCUT2D eigenvalue weighted by Crippen LogP contribution is -2.46. The molecule has 3 amide bonds. The number of amides is 3. The van der Waals surface area contributed by atoms with Gasteiger partial charge in [0.1, 0.15) is 5.75 Å². The summed E-state index contributed by atoms with van der Waals surface area (Å²) in [5.74, 6) is 0.438. The molecule has 6 nitrogen and oxygen atoms in total. The van der Waals surface area contributed by atoms with Crippen LogP contribution in [0.25, 0.3) is 0 Å². The van der Waals surface area contributed by atoms with Crippen molar-refractivity contribution >= 4 is 17.7 Å². The number of carbonyl (C=O) groups excluding carboxylic acids is 3. The molecule has 4 aliphatic carbocycles. The third kappa shape index (κ3) is 1.94. The van der Waals surface area contributed by atoms with Crippen LogP contribution in [0.4, 0.5) is 0 Å². The van der Waals surface area contributed by atoms with Crippen molar-refractivity contribution in [1.29, 1.82) is 0 Å². The van der Waals surface area contributed by atoms with Crippen molar-refractivity contribution in [2.45, 2.75) is 6.42 Å². The minimum atomic E-state index is -0.464. The van der Waals surface area contributed by atoms with Crippen molar-refractivity contribution < 1.29 is 19.1 Å². The highest BCUT2D eigenvalue weighted by atomic mass is 16.5. The van der Waals surface area contributed by atoms with E-state index in [9.17, 15) is 14.4 Å². The van der Waals surface area contributed by atoms with E-state index in [1.165, 1.54) is 0 Å². The van der Waals surface area contributed by atoms with Crippen LogP contribution < -0.4 is 10.2 Å². The highest BCUT2D eigenvalue weighted by Crippen LogP contribution is 2.65. The monoisotopic (exact) mass is 338 g/mol. The summed E-state index contributed by atoms with van der Waals surface area (Å²) < 4.78 is 5.07. The van der Waals surface area contributed by atoms with Crippen LogP contribution in [0.3, 0.4) is 0 Å². The number of hydrogen-bond acceptors (Lipinski definition) is 4. The summed E-state index contributed by atoms with van der Waals surface area (Å²) in [5.41, 5.74) is 2.89. The zero-order valence-corrected chi connectivity index (χ0v) is 13.7. The Morgan fingerprint density at radius 1 is 1.04 bits per heavy atom. The van der Waals surface area contributed by atoms with Gasteiger partial charge in [-0.15, -0.1) is 0 Å². The Morgan fingerprint density at radius 2 is 1.60 bits per heavy atom. The molecular formula is C19H18N2O4. The number of carbonyl (C=O) groups is 3. The van der Waals surface area contributed by atoms with E-state index in [1.807, 2.05) is 0 Å². The number of nitrogens with zero attached hydrogens (tertiary/aromatic N) is 1. The van der Waals surface area contributed by atoms with Gasteiger partial charge in [-0.25, -0.2) is 0 Å². The van der Waals surface area contributed by atoms with Gasteiger partial charge in [-0.3, -0.25) is 19.8 Å². The minimum absolute atomic E-state index is 0.152. The van der Waals surface area contributed by atoms with E-state index in [0.29, 0.717) is 23.1 Å². The van der Waals surface area contributed by atoms with E-state index >= 15 is 0 Å². The molecule has 0 spiro atoms. The van der Waals surface area contributed by atoms with E-state index < -0.39 is 5.91 Å². The fraction of sp³-hybridized carbons (Fsp3) is 0.421. The first kappa shape index (κ1) is 14.7. The number of rotatable bonds is 3. The van der Waals surface area contributed by atoms with Crippen LogP contribution in [-0.2, 0) is 9.59 Å². The molecule has 2 bridgehead atoms. The lowest BCUT2D eigenvalue weighted by atomic mass is 9.63. The van der Waals surface area contributed by atoms with Crippen molar-refractivity contribution in [2.24, 2.45) is 35.5 Å². The average Bonchev–Trinajstić information content (AvgIpc) is 3.43. The molecule has 1 aromatic carbocycles. The fourth-order valence-corrected chi connectivity index (χ4v) is 4.98. The molecule has 0 radical (unpaired) electrons. The maximum atomic E-state index is 12.8. The first-order valence-electron chi connectivity index (χ1n) is 8.61. The molecule has 3 fully saturated rings. The largest absolute Gasteiger partial charge is 0.497 e. The molecule has 2 saturated carbocycles. The quantitative estimate of drug-likeness (QED) is 0.668. The van der Waals surface area contributed by atoms with Crippen molar-refractivity contribution in [2.75, 3.05) is 7.11 Å². The normalized spacial score (nSPS) is 36.9. The van der Waals surface area contributed by atoms with Crippen LogP contribution in [0, 0.1) is 35.5 Å². The summed E-state index contributed by atoms with van der Waals surface area (Å²) in [4.78, 5) is 38.1. The zero-order chi connectivity index (χ0) is 17.3. The Hall–Kier alpha value is -2.63. The Kier molecular flexibility index (Phi) is 2.90. The second kappa shape index (κ2) is 4.94. The van der Waals surface area contributed by atoms with E-state index in [1.54, 1.807) is 31.4 Å². The molecule has 0 unspecified atom stereocenters. The van der Waals surface area contributed by atoms with Crippen molar-refractivity contribution in [3.05, 3.63) is 42.0 Å². The average molecular weight is 338 g/mol. The van der Waals surface area contributed by atoms with E-state index in [2.05, 4.69) is 17.6 Å². The van der Waals surface area contributed by atoms with Crippen molar-refractivity contribution in [3.63, 3.8) is 0 Å². The lowest BCUT2D eigenvalue weighted by molar-refractivity contribution is -0.143. The van der Waals surface area contributed by atoms with Gasteiger partial charge in [0.2, 0.25) is 0 Å². The number of ether oxygens (including phenoxy) is 1. The third-order valence-corrected chi connectivity index (χ3v) is 6.23. The van der Waals surface area contributed by atoms with Gasteiger partial charge in [-0.2, -0.15) is 5.01 Å². The first-order chi connectivity index (χ1) is 12.1.